The maximum atomic E-state index is 11.7. The molecule has 0 N–H and O–H groups in total. The molecule has 0 aromatic rings. The van der Waals surface area contributed by atoms with E-state index in [1.165, 1.54) is 19.3 Å². The molecule has 0 aromatic carbocycles. The lowest BCUT2D eigenvalue weighted by atomic mass is 9.92. The third kappa shape index (κ3) is 1.24. The number of fused-ring (bicyclic) bond motifs is 1. The molecule has 0 radical (unpaired) electrons. The molecule has 2 heteroatoms. The molecule has 0 amide bonds. The van der Waals surface area contributed by atoms with E-state index in [9.17, 15) is 4.21 Å². The van der Waals surface area contributed by atoms with Crippen LogP contribution in [0.5, 0.6) is 0 Å². The van der Waals surface area contributed by atoms with Gasteiger partial charge in [-0.2, -0.15) is 0 Å². The van der Waals surface area contributed by atoms with Gasteiger partial charge >= 0.3 is 0 Å². The van der Waals surface area contributed by atoms with Crippen molar-refractivity contribution in [3.05, 3.63) is 0 Å². The predicted molar refractivity (Wildman–Crippen MR) is 52.5 cm³/mol. The van der Waals surface area contributed by atoms with Gasteiger partial charge in [0.2, 0.25) is 0 Å². The highest BCUT2D eigenvalue weighted by Crippen LogP contribution is 2.44. The third-order valence-corrected chi connectivity index (χ3v) is 5.59. The van der Waals surface area contributed by atoms with E-state index < -0.39 is 10.8 Å². The second-order valence-corrected chi connectivity index (χ2v) is 6.30. The van der Waals surface area contributed by atoms with Crippen LogP contribution in [0.15, 0.2) is 0 Å². The van der Waals surface area contributed by atoms with Crippen molar-refractivity contribution in [1.82, 2.24) is 0 Å². The molecule has 70 valence electrons. The highest BCUT2D eigenvalue weighted by Gasteiger charge is 2.44. The molecule has 2 fully saturated rings. The first kappa shape index (κ1) is 8.74. The van der Waals surface area contributed by atoms with Gasteiger partial charge in [-0.3, -0.25) is 4.21 Å². The summed E-state index contributed by atoms with van der Waals surface area (Å²) in [6.45, 7) is 4.56. The Bertz CT molecular complexity index is 200. The van der Waals surface area contributed by atoms with Crippen molar-refractivity contribution in [3.63, 3.8) is 0 Å². The first-order chi connectivity index (χ1) is 5.70. The van der Waals surface area contributed by atoms with Crippen LogP contribution in [0.3, 0.4) is 0 Å². The number of rotatable bonds is 1. The highest BCUT2D eigenvalue weighted by molar-refractivity contribution is 7.85. The summed E-state index contributed by atoms with van der Waals surface area (Å²) >= 11 is 0. The Labute approximate surface area is 77.4 Å². The molecule has 1 saturated carbocycles. The molecule has 1 aliphatic heterocycles. The minimum absolute atomic E-state index is 0.479. The molecule has 12 heavy (non-hydrogen) atoms. The highest BCUT2D eigenvalue weighted by atomic mass is 32.2. The van der Waals surface area contributed by atoms with Gasteiger partial charge in [0.05, 0.1) is 0 Å². The second kappa shape index (κ2) is 3.13. The Kier molecular flexibility index (Phi) is 2.28. The van der Waals surface area contributed by atoms with E-state index >= 15 is 0 Å². The zero-order chi connectivity index (χ0) is 8.72. The van der Waals surface area contributed by atoms with Crippen molar-refractivity contribution < 1.29 is 4.21 Å². The molecule has 0 spiro atoms. The van der Waals surface area contributed by atoms with Gasteiger partial charge in [0.15, 0.2) is 0 Å². The molecule has 1 nitrogen and oxygen atoms in total. The maximum Gasteiger partial charge on any atom is 0.0407 e. The van der Waals surface area contributed by atoms with Crippen molar-refractivity contribution in [2.24, 2.45) is 17.8 Å². The van der Waals surface area contributed by atoms with Crippen LogP contribution in [-0.2, 0) is 10.8 Å². The van der Waals surface area contributed by atoms with Crippen molar-refractivity contribution in [1.29, 1.82) is 0 Å². The SMILES string of the molecule is CC(C)C1CCC2CCS(=O)C21. The van der Waals surface area contributed by atoms with E-state index in [4.69, 9.17) is 0 Å². The van der Waals surface area contributed by atoms with Crippen LogP contribution in [-0.4, -0.2) is 15.2 Å². The van der Waals surface area contributed by atoms with Gasteiger partial charge in [-0.15, -0.1) is 0 Å². The van der Waals surface area contributed by atoms with E-state index in [2.05, 4.69) is 13.8 Å². The summed E-state index contributed by atoms with van der Waals surface area (Å²) in [5, 5.41) is 0.574. The second-order valence-electron chi connectivity index (χ2n) is 4.58. The van der Waals surface area contributed by atoms with Gasteiger partial charge in [0.25, 0.3) is 0 Å². The van der Waals surface area contributed by atoms with Crippen LogP contribution in [0, 0.1) is 17.8 Å². The summed E-state index contributed by atoms with van der Waals surface area (Å²) in [4.78, 5) is 0. The van der Waals surface area contributed by atoms with Crippen molar-refractivity contribution >= 4 is 10.8 Å². The fourth-order valence-corrected chi connectivity index (χ4v) is 5.27. The summed E-state index contributed by atoms with van der Waals surface area (Å²) < 4.78 is 11.7. The summed E-state index contributed by atoms with van der Waals surface area (Å²) in [6.07, 6.45) is 3.92. The lowest BCUT2D eigenvalue weighted by Gasteiger charge is -2.20. The Morgan fingerprint density at radius 3 is 2.67 bits per heavy atom. The van der Waals surface area contributed by atoms with Crippen molar-refractivity contribution in [2.45, 2.75) is 38.4 Å². The normalized spacial score (nSPS) is 46.9. The molecular formula is C10H18OS. The topological polar surface area (TPSA) is 17.1 Å². The molecule has 1 aliphatic carbocycles. The fraction of sp³-hybridized carbons (Fsp3) is 1.00. The van der Waals surface area contributed by atoms with Gasteiger partial charge in [0.1, 0.15) is 0 Å². The van der Waals surface area contributed by atoms with Crippen molar-refractivity contribution in [3.8, 4) is 0 Å². The molecule has 2 rings (SSSR count). The Hall–Kier alpha value is 0.150. The fourth-order valence-electron chi connectivity index (χ4n) is 2.92. The molecular weight excluding hydrogens is 168 g/mol. The monoisotopic (exact) mass is 186 g/mol. The van der Waals surface area contributed by atoms with Crippen LogP contribution >= 0.6 is 0 Å². The largest absolute Gasteiger partial charge is 0.259 e. The predicted octanol–water partition coefficient (Wildman–Crippen LogP) is 2.19. The zero-order valence-electron chi connectivity index (χ0n) is 7.95. The van der Waals surface area contributed by atoms with E-state index in [0.717, 1.165) is 23.5 Å². The van der Waals surface area contributed by atoms with Gasteiger partial charge in [-0.1, -0.05) is 13.8 Å². The van der Waals surface area contributed by atoms with Crippen LogP contribution in [0.2, 0.25) is 0 Å². The third-order valence-electron chi connectivity index (χ3n) is 3.61. The molecule has 4 atom stereocenters. The van der Waals surface area contributed by atoms with Gasteiger partial charge in [-0.25, -0.2) is 0 Å². The molecule has 0 aromatic heterocycles. The van der Waals surface area contributed by atoms with Gasteiger partial charge in [-0.05, 0) is 37.0 Å². The average Bonchev–Trinajstić information content (AvgIpc) is 2.53. The molecule has 1 heterocycles. The maximum absolute atomic E-state index is 11.7. The first-order valence-electron chi connectivity index (χ1n) is 5.07. The lowest BCUT2D eigenvalue weighted by Crippen LogP contribution is -2.24. The molecule has 0 bridgehead atoms. The Balaban J connectivity index is 2.14. The van der Waals surface area contributed by atoms with E-state index in [1.807, 2.05) is 0 Å². The van der Waals surface area contributed by atoms with Crippen molar-refractivity contribution in [2.75, 3.05) is 5.75 Å². The smallest absolute Gasteiger partial charge is 0.0407 e. The minimum Gasteiger partial charge on any atom is -0.259 e. The zero-order valence-corrected chi connectivity index (χ0v) is 8.77. The minimum atomic E-state index is -0.479. The summed E-state index contributed by atoms with van der Waals surface area (Å²) in [5.74, 6) is 3.30. The van der Waals surface area contributed by atoms with Gasteiger partial charge < -0.3 is 0 Å². The quantitative estimate of drug-likeness (QED) is 0.613. The Morgan fingerprint density at radius 1 is 1.25 bits per heavy atom. The molecule has 1 saturated heterocycles. The van der Waals surface area contributed by atoms with Gasteiger partial charge in [0, 0.05) is 21.8 Å². The number of hydrogen-bond acceptors (Lipinski definition) is 1. The van der Waals surface area contributed by atoms with Crippen LogP contribution < -0.4 is 0 Å². The lowest BCUT2D eigenvalue weighted by molar-refractivity contribution is 0.390. The standard InChI is InChI=1S/C10H18OS/c1-7(2)9-4-3-8-5-6-12(11)10(8)9/h7-10H,3-6H2,1-2H3. The van der Waals surface area contributed by atoms with E-state index in [0.29, 0.717) is 5.25 Å². The molecule has 4 unspecified atom stereocenters. The summed E-state index contributed by atoms with van der Waals surface area (Å²) in [6, 6.07) is 0. The van der Waals surface area contributed by atoms with E-state index in [1.54, 1.807) is 0 Å². The summed E-state index contributed by atoms with van der Waals surface area (Å²) in [7, 11) is -0.479. The van der Waals surface area contributed by atoms with Crippen LogP contribution in [0.25, 0.3) is 0 Å². The van der Waals surface area contributed by atoms with Crippen LogP contribution in [0.1, 0.15) is 33.1 Å². The first-order valence-corrected chi connectivity index (χ1v) is 6.45. The Morgan fingerprint density at radius 2 is 2.00 bits per heavy atom. The average molecular weight is 186 g/mol. The molecule has 2 aliphatic rings. The van der Waals surface area contributed by atoms with Crippen LogP contribution in [0.4, 0.5) is 0 Å². The number of hydrogen-bond donors (Lipinski definition) is 0. The van der Waals surface area contributed by atoms with E-state index in [-0.39, 0.29) is 0 Å². The summed E-state index contributed by atoms with van der Waals surface area (Å²) in [5.41, 5.74) is 0.